The molecule has 0 amide bonds. The van der Waals surface area contributed by atoms with Gasteiger partial charge in [-0.15, -0.1) is 5.10 Å². The molecule has 3 rings (SSSR count). The lowest BCUT2D eigenvalue weighted by molar-refractivity contribution is -0.153. The molecule has 0 aliphatic heterocycles. The van der Waals surface area contributed by atoms with Crippen molar-refractivity contribution in [1.29, 1.82) is 0 Å². The van der Waals surface area contributed by atoms with Crippen molar-refractivity contribution in [2.75, 3.05) is 0 Å². The van der Waals surface area contributed by atoms with E-state index in [1.54, 1.807) is 6.20 Å². The summed E-state index contributed by atoms with van der Waals surface area (Å²) in [5, 5.41) is 20.9. The van der Waals surface area contributed by atoms with Crippen molar-refractivity contribution in [2.24, 2.45) is 0 Å². The van der Waals surface area contributed by atoms with Crippen LogP contribution in [0.4, 0.5) is 0 Å². The zero-order valence-corrected chi connectivity index (χ0v) is 10.4. The summed E-state index contributed by atoms with van der Waals surface area (Å²) in [6.07, 6.45) is 3.64. The highest BCUT2D eigenvalue weighted by atomic mass is 16.4. The fraction of sp³-hybridized carbons (Fsp3) is 0.417. The molecule has 7 heteroatoms. The first kappa shape index (κ1) is 11.8. The molecular weight excluding hydrogens is 246 g/mol. The molecule has 0 radical (unpaired) electrons. The molecule has 0 saturated heterocycles. The van der Waals surface area contributed by atoms with Gasteiger partial charge in [0.25, 0.3) is 0 Å². The van der Waals surface area contributed by atoms with Gasteiger partial charge in [0, 0.05) is 17.5 Å². The summed E-state index contributed by atoms with van der Waals surface area (Å²) in [6.45, 7) is 1.89. The zero-order valence-electron chi connectivity index (χ0n) is 10.4. The molecular formula is C12H13N5O2. The molecule has 0 aromatic carbocycles. The molecule has 2 aromatic heterocycles. The van der Waals surface area contributed by atoms with E-state index in [1.165, 1.54) is 4.68 Å². The fourth-order valence-electron chi connectivity index (χ4n) is 2.28. The predicted molar refractivity (Wildman–Crippen MR) is 65.2 cm³/mol. The Balaban J connectivity index is 2.08. The third kappa shape index (κ3) is 1.69. The molecule has 1 N–H and O–H groups in total. The second kappa shape index (κ2) is 4.11. The normalized spacial score (nSPS) is 16.9. The summed E-state index contributed by atoms with van der Waals surface area (Å²) in [6, 6.07) is 3.70. The van der Waals surface area contributed by atoms with E-state index in [1.807, 2.05) is 19.1 Å². The molecule has 0 atom stereocenters. The van der Waals surface area contributed by atoms with Gasteiger partial charge in [-0.1, -0.05) is 0 Å². The van der Waals surface area contributed by atoms with Gasteiger partial charge in [-0.25, -0.2) is 9.48 Å². The molecule has 1 aliphatic carbocycles. The standard InChI is InChI=1S/C12H13N5O2/c1-8-3-4-9(7-13-8)10-14-15-16-17(10)12(11(18)19)5-2-6-12/h3-4,7H,2,5-6H2,1H3,(H,18,19). The SMILES string of the molecule is Cc1ccc(-c2nnnn2C2(C(=O)O)CCC2)cn1. The molecule has 0 bridgehead atoms. The molecule has 2 heterocycles. The van der Waals surface area contributed by atoms with Gasteiger partial charge in [-0.3, -0.25) is 4.98 Å². The number of carbonyl (C=O) groups is 1. The number of aryl methyl sites for hydroxylation is 1. The van der Waals surface area contributed by atoms with Crippen LogP contribution in [-0.2, 0) is 10.3 Å². The van der Waals surface area contributed by atoms with E-state index in [0.29, 0.717) is 18.7 Å². The summed E-state index contributed by atoms with van der Waals surface area (Å²) in [5.41, 5.74) is 0.617. The Kier molecular flexibility index (Phi) is 2.55. The van der Waals surface area contributed by atoms with Crippen molar-refractivity contribution >= 4 is 5.97 Å². The minimum Gasteiger partial charge on any atom is -0.479 e. The number of carboxylic acid groups (broad SMARTS) is 1. The van der Waals surface area contributed by atoms with Gasteiger partial charge in [-0.2, -0.15) is 0 Å². The van der Waals surface area contributed by atoms with Gasteiger partial charge in [0.15, 0.2) is 11.4 Å². The van der Waals surface area contributed by atoms with E-state index in [2.05, 4.69) is 20.5 Å². The number of aliphatic carboxylic acids is 1. The first-order chi connectivity index (χ1) is 9.13. The number of aromatic nitrogens is 5. The molecule has 2 aromatic rings. The Hall–Kier alpha value is -2.31. The number of tetrazole rings is 1. The van der Waals surface area contributed by atoms with Crippen LogP contribution in [0.5, 0.6) is 0 Å². The average Bonchev–Trinajstić information content (AvgIpc) is 2.77. The number of hydrogen-bond donors (Lipinski definition) is 1. The van der Waals surface area contributed by atoms with Gasteiger partial charge >= 0.3 is 5.97 Å². The number of nitrogens with zero attached hydrogens (tertiary/aromatic N) is 5. The van der Waals surface area contributed by atoms with E-state index in [9.17, 15) is 9.90 Å². The first-order valence-electron chi connectivity index (χ1n) is 6.09. The lowest BCUT2D eigenvalue weighted by atomic mass is 9.76. The molecule has 19 heavy (non-hydrogen) atoms. The van der Waals surface area contributed by atoms with Crippen LogP contribution in [0.1, 0.15) is 25.0 Å². The second-order valence-electron chi connectivity index (χ2n) is 4.79. The summed E-state index contributed by atoms with van der Waals surface area (Å²) in [7, 11) is 0. The molecule has 98 valence electrons. The fourth-order valence-corrected chi connectivity index (χ4v) is 2.28. The van der Waals surface area contributed by atoms with E-state index < -0.39 is 11.5 Å². The van der Waals surface area contributed by atoms with Gasteiger partial charge in [-0.05, 0) is 48.7 Å². The highest BCUT2D eigenvalue weighted by Gasteiger charge is 2.49. The Bertz CT molecular complexity index is 615. The molecule has 1 saturated carbocycles. The third-order valence-electron chi connectivity index (χ3n) is 3.62. The number of hydrogen-bond acceptors (Lipinski definition) is 5. The predicted octanol–water partition coefficient (Wildman–Crippen LogP) is 1.01. The molecule has 1 aliphatic rings. The number of pyridine rings is 1. The van der Waals surface area contributed by atoms with Gasteiger partial charge < -0.3 is 5.11 Å². The van der Waals surface area contributed by atoms with Crippen molar-refractivity contribution < 1.29 is 9.90 Å². The molecule has 0 spiro atoms. The topological polar surface area (TPSA) is 93.8 Å². The van der Waals surface area contributed by atoms with Crippen LogP contribution < -0.4 is 0 Å². The van der Waals surface area contributed by atoms with E-state index in [4.69, 9.17) is 0 Å². The van der Waals surface area contributed by atoms with Gasteiger partial charge in [0.2, 0.25) is 0 Å². The third-order valence-corrected chi connectivity index (χ3v) is 3.62. The van der Waals surface area contributed by atoms with Crippen molar-refractivity contribution in [1.82, 2.24) is 25.2 Å². The Labute approximate surface area is 109 Å². The second-order valence-corrected chi connectivity index (χ2v) is 4.79. The monoisotopic (exact) mass is 259 g/mol. The average molecular weight is 259 g/mol. The van der Waals surface area contributed by atoms with Crippen molar-refractivity contribution in [3.8, 4) is 11.4 Å². The maximum Gasteiger partial charge on any atom is 0.331 e. The minimum absolute atomic E-state index is 0.453. The molecule has 0 unspecified atom stereocenters. The van der Waals surface area contributed by atoms with Crippen LogP contribution in [0.3, 0.4) is 0 Å². The van der Waals surface area contributed by atoms with E-state index in [-0.39, 0.29) is 0 Å². The van der Waals surface area contributed by atoms with Crippen LogP contribution in [0, 0.1) is 6.92 Å². The zero-order chi connectivity index (χ0) is 13.5. The number of rotatable bonds is 3. The van der Waals surface area contributed by atoms with Crippen LogP contribution in [0.25, 0.3) is 11.4 Å². The van der Waals surface area contributed by atoms with Gasteiger partial charge in [0.05, 0.1) is 0 Å². The highest BCUT2D eigenvalue weighted by molar-refractivity contribution is 5.78. The maximum absolute atomic E-state index is 11.5. The summed E-state index contributed by atoms with van der Waals surface area (Å²) in [5.74, 6) is -0.429. The Morgan fingerprint density at radius 1 is 1.42 bits per heavy atom. The van der Waals surface area contributed by atoms with E-state index >= 15 is 0 Å². The van der Waals surface area contributed by atoms with Gasteiger partial charge in [0.1, 0.15) is 0 Å². The molecule has 1 fully saturated rings. The maximum atomic E-state index is 11.5. The number of carboxylic acids is 1. The molecule has 7 nitrogen and oxygen atoms in total. The highest BCUT2D eigenvalue weighted by Crippen LogP contribution is 2.40. The summed E-state index contributed by atoms with van der Waals surface area (Å²) >= 11 is 0. The Morgan fingerprint density at radius 3 is 2.74 bits per heavy atom. The van der Waals surface area contributed by atoms with Crippen molar-refractivity contribution in [2.45, 2.75) is 31.7 Å². The van der Waals surface area contributed by atoms with Crippen LogP contribution in [0.15, 0.2) is 18.3 Å². The van der Waals surface area contributed by atoms with Crippen LogP contribution >= 0.6 is 0 Å². The van der Waals surface area contributed by atoms with Crippen molar-refractivity contribution in [3.05, 3.63) is 24.0 Å². The van der Waals surface area contributed by atoms with E-state index in [0.717, 1.165) is 17.7 Å². The lowest BCUT2D eigenvalue weighted by Gasteiger charge is -2.37. The van der Waals surface area contributed by atoms with Crippen LogP contribution in [0.2, 0.25) is 0 Å². The lowest BCUT2D eigenvalue weighted by Crippen LogP contribution is -2.48. The summed E-state index contributed by atoms with van der Waals surface area (Å²) in [4.78, 5) is 15.7. The Morgan fingerprint density at radius 2 is 2.21 bits per heavy atom. The minimum atomic E-state index is -0.996. The van der Waals surface area contributed by atoms with Crippen molar-refractivity contribution in [3.63, 3.8) is 0 Å². The first-order valence-corrected chi connectivity index (χ1v) is 6.09. The largest absolute Gasteiger partial charge is 0.479 e. The smallest absolute Gasteiger partial charge is 0.331 e. The quantitative estimate of drug-likeness (QED) is 0.884. The summed E-state index contributed by atoms with van der Waals surface area (Å²) < 4.78 is 1.42. The van der Waals surface area contributed by atoms with Crippen LogP contribution in [-0.4, -0.2) is 36.3 Å².